The van der Waals surface area contributed by atoms with Crippen molar-refractivity contribution in [1.29, 1.82) is 0 Å². The van der Waals surface area contributed by atoms with Crippen LogP contribution in [0.3, 0.4) is 0 Å². The van der Waals surface area contributed by atoms with Gasteiger partial charge in [0.05, 0.1) is 37.1 Å². The highest BCUT2D eigenvalue weighted by atomic mass is 28.4. The zero-order valence-electron chi connectivity index (χ0n) is 29.9. The molecule has 1 fully saturated rings. The molecule has 0 saturated carbocycles. The molecule has 6 atom stereocenters. The summed E-state index contributed by atoms with van der Waals surface area (Å²) < 4.78 is 13.2. The molecule has 0 aromatic heterocycles. The van der Waals surface area contributed by atoms with Gasteiger partial charge in [-0.1, -0.05) is 153 Å². The number of benzene rings is 2. The summed E-state index contributed by atoms with van der Waals surface area (Å²) in [7, 11) is -2.79. The third-order valence-corrected chi connectivity index (χ3v) is 15.1. The molecular weight excluding hydrogens is 605 g/mol. The van der Waals surface area contributed by atoms with Crippen molar-refractivity contribution in [3.63, 3.8) is 0 Å². The van der Waals surface area contributed by atoms with Gasteiger partial charge in [-0.25, -0.2) is 0 Å². The van der Waals surface area contributed by atoms with E-state index in [1.165, 1.54) is 51.4 Å². The largest absolute Gasteiger partial charge is 0.405 e. The maximum atomic E-state index is 11.4. The number of rotatable bonds is 22. The van der Waals surface area contributed by atoms with Crippen LogP contribution in [0.25, 0.3) is 0 Å². The Morgan fingerprint density at radius 3 is 1.64 bits per heavy atom. The molecule has 7 heteroatoms. The second-order valence-corrected chi connectivity index (χ2v) is 19.2. The van der Waals surface area contributed by atoms with Crippen molar-refractivity contribution in [2.45, 2.75) is 172 Å². The van der Waals surface area contributed by atoms with Gasteiger partial charge in [-0.05, 0) is 53.9 Å². The number of unbranched alkanes of at least 4 members (excludes halogenated alkanes) is 9. The van der Waals surface area contributed by atoms with Gasteiger partial charge in [0.2, 0.25) is 0 Å². The van der Waals surface area contributed by atoms with Crippen LogP contribution < -0.4 is 10.4 Å². The fraction of sp³-hybridized carbons (Fsp3) is 0.700. The molecule has 1 aliphatic heterocycles. The van der Waals surface area contributed by atoms with Crippen LogP contribution in [0, 0.1) is 0 Å². The molecule has 1 saturated heterocycles. The van der Waals surface area contributed by atoms with Crippen molar-refractivity contribution in [2.75, 3.05) is 6.61 Å². The average molecular weight is 671 g/mol. The minimum atomic E-state index is -2.79. The summed E-state index contributed by atoms with van der Waals surface area (Å²) in [5.74, 6) is 0. The average Bonchev–Trinajstić information content (AvgIpc) is 3.08. The molecule has 0 spiro atoms. The van der Waals surface area contributed by atoms with E-state index < -0.39 is 44.9 Å². The first-order valence-electron chi connectivity index (χ1n) is 18.7. The first-order chi connectivity index (χ1) is 22.6. The van der Waals surface area contributed by atoms with Gasteiger partial charge < -0.3 is 29.6 Å². The van der Waals surface area contributed by atoms with Crippen LogP contribution in [0.15, 0.2) is 60.7 Å². The fourth-order valence-electron chi connectivity index (χ4n) is 7.28. The molecule has 0 radical (unpaired) electrons. The van der Waals surface area contributed by atoms with Crippen LogP contribution in [0.5, 0.6) is 0 Å². The smallest absolute Gasteiger partial charge is 0.261 e. The molecule has 1 aliphatic rings. The SMILES string of the molecule is CCCCCCCCCCCC[C@@H](O)[C@H](O)CC[C@@H](O)[C@H]1CCC[C@@H]([C@H](O)CO[Si](c2ccccc2)(c2ccccc2)C(C)(C)C)O1. The lowest BCUT2D eigenvalue weighted by Gasteiger charge is -2.44. The summed E-state index contributed by atoms with van der Waals surface area (Å²) in [6.45, 7) is 9.05. The Bertz CT molecular complexity index is 1040. The van der Waals surface area contributed by atoms with E-state index in [0.717, 1.165) is 29.6 Å². The second kappa shape index (κ2) is 20.8. The van der Waals surface area contributed by atoms with E-state index in [1.54, 1.807) is 0 Å². The van der Waals surface area contributed by atoms with E-state index in [-0.39, 0.29) is 11.6 Å². The molecule has 47 heavy (non-hydrogen) atoms. The molecule has 6 nitrogen and oxygen atoms in total. The van der Waals surface area contributed by atoms with Gasteiger partial charge in [0.15, 0.2) is 0 Å². The van der Waals surface area contributed by atoms with Crippen LogP contribution in [-0.4, -0.2) is 72.0 Å². The number of ether oxygens (including phenoxy) is 1. The highest BCUT2D eigenvalue weighted by Crippen LogP contribution is 2.37. The molecule has 266 valence electrons. The maximum absolute atomic E-state index is 11.4. The van der Waals surface area contributed by atoms with E-state index >= 15 is 0 Å². The molecular formula is C40H66O6Si. The van der Waals surface area contributed by atoms with E-state index in [4.69, 9.17) is 9.16 Å². The number of hydrogen-bond acceptors (Lipinski definition) is 6. The van der Waals surface area contributed by atoms with E-state index in [2.05, 4.69) is 76.2 Å². The van der Waals surface area contributed by atoms with Crippen molar-refractivity contribution in [3.8, 4) is 0 Å². The third kappa shape index (κ3) is 12.4. The lowest BCUT2D eigenvalue weighted by molar-refractivity contribution is -0.150. The normalized spacial score (nSPS) is 20.1. The summed E-state index contributed by atoms with van der Waals surface area (Å²) in [4.78, 5) is 0. The fourth-order valence-corrected chi connectivity index (χ4v) is 11.9. The molecule has 0 unspecified atom stereocenters. The number of hydrogen-bond donors (Lipinski definition) is 4. The topological polar surface area (TPSA) is 99.4 Å². The molecule has 2 aromatic carbocycles. The van der Waals surface area contributed by atoms with Crippen molar-refractivity contribution in [1.82, 2.24) is 0 Å². The van der Waals surface area contributed by atoms with Gasteiger partial charge >= 0.3 is 0 Å². The molecule has 1 heterocycles. The van der Waals surface area contributed by atoms with E-state index in [0.29, 0.717) is 32.1 Å². The molecule has 4 N–H and O–H groups in total. The summed E-state index contributed by atoms with van der Waals surface area (Å²) in [6, 6.07) is 20.8. The van der Waals surface area contributed by atoms with Crippen LogP contribution in [0.4, 0.5) is 0 Å². The Kier molecular flexibility index (Phi) is 17.7. The van der Waals surface area contributed by atoms with Crippen molar-refractivity contribution < 1.29 is 29.6 Å². The predicted molar refractivity (Wildman–Crippen MR) is 196 cm³/mol. The molecule has 0 amide bonds. The Balaban J connectivity index is 1.46. The quantitative estimate of drug-likeness (QED) is 0.0793. The first kappa shape index (κ1) is 39.9. The second-order valence-electron chi connectivity index (χ2n) is 14.9. The van der Waals surface area contributed by atoms with Crippen LogP contribution in [-0.2, 0) is 9.16 Å². The molecule has 0 aliphatic carbocycles. The molecule has 2 aromatic rings. The minimum absolute atomic E-state index is 0.143. The first-order valence-corrected chi connectivity index (χ1v) is 20.6. The van der Waals surface area contributed by atoms with Gasteiger partial charge in [0.1, 0.15) is 6.10 Å². The van der Waals surface area contributed by atoms with Crippen LogP contribution >= 0.6 is 0 Å². The summed E-state index contributed by atoms with van der Waals surface area (Å²) in [6.07, 6.45) is 11.8. The zero-order chi connectivity index (χ0) is 34.1. The van der Waals surface area contributed by atoms with Crippen LogP contribution in [0.1, 0.15) is 130 Å². The Morgan fingerprint density at radius 2 is 1.13 bits per heavy atom. The minimum Gasteiger partial charge on any atom is -0.405 e. The zero-order valence-corrected chi connectivity index (χ0v) is 30.9. The highest BCUT2D eigenvalue weighted by molar-refractivity contribution is 6.99. The molecule has 3 rings (SSSR count). The molecule has 0 bridgehead atoms. The standard InChI is InChI=1S/C40H66O6Si/c1-5-6-7-8-9-10-11-12-13-20-26-34(41)35(42)29-30-36(43)38-27-21-28-39(46-38)37(44)31-45-47(40(2,3)4,32-22-16-14-17-23-32)33-24-18-15-19-25-33/h14-19,22-25,34-39,41-44H,5-13,20-21,26-31H2,1-4H3/t34-,35-,36-,37-,38-,39+/m1/s1. The third-order valence-electron chi connectivity index (χ3n) is 10.1. The number of aliphatic hydroxyl groups is 4. The lowest BCUT2D eigenvalue weighted by atomic mass is 9.94. The summed E-state index contributed by atoms with van der Waals surface area (Å²) >= 11 is 0. The Hall–Kier alpha value is -1.58. The van der Waals surface area contributed by atoms with Crippen LogP contribution in [0.2, 0.25) is 5.04 Å². The van der Waals surface area contributed by atoms with Gasteiger partial charge in [-0.2, -0.15) is 0 Å². The summed E-state index contributed by atoms with van der Waals surface area (Å²) in [5, 5.41) is 45.7. The predicted octanol–water partition coefficient (Wildman–Crippen LogP) is 7.04. The summed E-state index contributed by atoms with van der Waals surface area (Å²) in [5.41, 5.74) is 0. The van der Waals surface area contributed by atoms with Gasteiger partial charge in [-0.15, -0.1) is 0 Å². The monoisotopic (exact) mass is 670 g/mol. The van der Waals surface area contributed by atoms with Crippen molar-refractivity contribution in [3.05, 3.63) is 60.7 Å². The van der Waals surface area contributed by atoms with Crippen molar-refractivity contribution >= 4 is 18.7 Å². The van der Waals surface area contributed by atoms with Crippen molar-refractivity contribution in [2.24, 2.45) is 0 Å². The highest BCUT2D eigenvalue weighted by Gasteiger charge is 2.50. The lowest BCUT2D eigenvalue weighted by Crippen LogP contribution is -2.67. The van der Waals surface area contributed by atoms with Gasteiger partial charge in [0.25, 0.3) is 8.32 Å². The Morgan fingerprint density at radius 1 is 0.660 bits per heavy atom. The number of aliphatic hydroxyl groups excluding tert-OH is 4. The van der Waals surface area contributed by atoms with E-state index in [9.17, 15) is 20.4 Å². The van der Waals surface area contributed by atoms with E-state index in [1.807, 2.05) is 12.1 Å². The van der Waals surface area contributed by atoms with Gasteiger partial charge in [0, 0.05) is 0 Å². The maximum Gasteiger partial charge on any atom is 0.261 e. The Labute approximate surface area is 287 Å². The van der Waals surface area contributed by atoms with Gasteiger partial charge in [-0.3, -0.25) is 0 Å².